The van der Waals surface area contributed by atoms with Crippen molar-refractivity contribution in [1.29, 1.82) is 0 Å². The van der Waals surface area contributed by atoms with Crippen molar-refractivity contribution >= 4 is 23.4 Å². The molecule has 0 amide bonds. The molecule has 88 valence electrons. The van der Waals surface area contributed by atoms with Gasteiger partial charge in [0.2, 0.25) is 0 Å². The van der Waals surface area contributed by atoms with E-state index in [4.69, 9.17) is 11.6 Å². The van der Waals surface area contributed by atoms with E-state index in [0.29, 0.717) is 10.8 Å². The molecule has 4 nitrogen and oxygen atoms in total. The lowest BCUT2D eigenvalue weighted by atomic mass is 10.1. The Morgan fingerprint density at radius 3 is 2.94 bits per heavy atom. The van der Waals surface area contributed by atoms with Crippen LogP contribution in [-0.2, 0) is 7.05 Å². The summed E-state index contributed by atoms with van der Waals surface area (Å²) in [5.41, 5.74) is 0.861. The van der Waals surface area contributed by atoms with Gasteiger partial charge in [-0.2, -0.15) is 5.10 Å². The first-order valence-corrected chi connectivity index (χ1v) is 6.41. The molecule has 2 atom stereocenters. The Balaban J connectivity index is 2.01. The van der Waals surface area contributed by atoms with Crippen molar-refractivity contribution in [3.8, 4) is 0 Å². The van der Waals surface area contributed by atoms with Crippen LogP contribution in [0.5, 0.6) is 0 Å². The van der Waals surface area contributed by atoms with Crippen molar-refractivity contribution in [3.63, 3.8) is 0 Å². The molecule has 0 saturated heterocycles. The molecule has 1 N–H and O–H groups in total. The van der Waals surface area contributed by atoms with Gasteiger partial charge in [0.1, 0.15) is 11.6 Å². The molecule has 1 aliphatic rings. The average Bonchev–Trinajstić information content (AvgIpc) is 2.85. The Hall–Kier alpha value is -1.04. The first-order chi connectivity index (χ1) is 8.16. The number of benzene rings is 1. The van der Waals surface area contributed by atoms with E-state index in [1.165, 1.54) is 11.8 Å². The van der Waals surface area contributed by atoms with Gasteiger partial charge in [0, 0.05) is 11.9 Å². The van der Waals surface area contributed by atoms with Gasteiger partial charge in [0.25, 0.3) is 0 Å². The zero-order valence-electron chi connectivity index (χ0n) is 9.04. The lowest BCUT2D eigenvalue weighted by molar-refractivity contribution is 0.174. The summed E-state index contributed by atoms with van der Waals surface area (Å²) in [6.07, 6.45) is 1.03. The van der Waals surface area contributed by atoms with Crippen LogP contribution < -0.4 is 0 Å². The summed E-state index contributed by atoms with van der Waals surface area (Å²) in [6.45, 7) is 0. The van der Waals surface area contributed by atoms with Crippen LogP contribution in [0.15, 0.2) is 29.4 Å². The van der Waals surface area contributed by atoms with E-state index in [1.54, 1.807) is 11.0 Å². The molecule has 17 heavy (non-hydrogen) atoms. The number of thioether (sulfide) groups is 1. The highest BCUT2D eigenvalue weighted by Gasteiger charge is 2.36. The molecular weight excluding hydrogens is 258 g/mol. The molecular formula is C11H10ClN3OS. The molecule has 0 unspecified atom stereocenters. The molecule has 0 bridgehead atoms. The van der Waals surface area contributed by atoms with Gasteiger partial charge in [-0.1, -0.05) is 23.7 Å². The SMILES string of the molecule is Cn1cnc([C@@H]2Sc3c(Cl)cccc3[C@@H]2O)n1. The molecule has 0 radical (unpaired) electrons. The van der Waals surface area contributed by atoms with Crippen molar-refractivity contribution in [1.82, 2.24) is 14.8 Å². The molecule has 0 fully saturated rings. The topological polar surface area (TPSA) is 50.9 Å². The number of aromatic nitrogens is 3. The molecule has 0 saturated carbocycles. The van der Waals surface area contributed by atoms with Gasteiger partial charge in [-0.15, -0.1) is 11.8 Å². The molecule has 1 aromatic carbocycles. The summed E-state index contributed by atoms with van der Waals surface area (Å²) < 4.78 is 1.63. The van der Waals surface area contributed by atoms with E-state index in [1.807, 2.05) is 25.2 Å². The predicted molar refractivity (Wildman–Crippen MR) is 66.0 cm³/mol. The van der Waals surface area contributed by atoms with E-state index in [2.05, 4.69) is 10.1 Å². The molecule has 2 aromatic rings. The fourth-order valence-corrected chi connectivity index (χ4v) is 3.48. The summed E-state index contributed by atoms with van der Waals surface area (Å²) in [6, 6.07) is 5.56. The molecule has 0 spiro atoms. The van der Waals surface area contributed by atoms with Crippen molar-refractivity contribution < 1.29 is 5.11 Å². The van der Waals surface area contributed by atoms with Crippen LogP contribution in [-0.4, -0.2) is 19.9 Å². The summed E-state index contributed by atoms with van der Waals surface area (Å²) >= 11 is 7.63. The summed E-state index contributed by atoms with van der Waals surface area (Å²) in [7, 11) is 1.81. The van der Waals surface area contributed by atoms with Gasteiger partial charge in [-0.05, 0) is 11.6 Å². The molecule has 1 aliphatic heterocycles. The number of aryl methyl sites for hydroxylation is 1. The zero-order chi connectivity index (χ0) is 12.0. The Kier molecular flexibility index (Phi) is 2.61. The maximum Gasteiger partial charge on any atom is 0.166 e. The van der Waals surface area contributed by atoms with Crippen molar-refractivity contribution in [2.75, 3.05) is 0 Å². The molecule has 1 aromatic heterocycles. The minimum Gasteiger partial charge on any atom is -0.387 e. The quantitative estimate of drug-likeness (QED) is 0.862. The number of hydrogen-bond donors (Lipinski definition) is 1. The molecule has 2 heterocycles. The van der Waals surface area contributed by atoms with Crippen molar-refractivity contribution in [2.24, 2.45) is 7.05 Å². The highest BCUT2D eigenvalue weighted by Crippen LogP contribution is 2.54. The lowest BCUT2D eigenvalue weighted by Gasteiger charge is -2.09. The fraction of sp³-hybridized carbons (Fsp3) is 0.273. The summed E-state index contributed by atoms with van der Waals surface area (Å²) in [5, 5.41) is 15.0. The second-order valence-electron chi connectivity index (χ2n) is 3.92. The Labute approximate surface area is 108 Å². The first kappa shape index (κ1) is 11.1. The molecule has 3 rings (SSSR count). The maximum atomic E-state index is 10.3. The van der Waals surface area contributed by atoms with Crippen molar-refractivity contribution in [3.05, 3.63) is 40.9 Å². The van der Waals surface area contributed by atoms with Crippen LogP contribution in [0.25, 0.3) is 0 Å². The van der Waals surface area contributed by atoms with Gasteiger partial charge in [0.15, 0.2) is 5.82 Å². The van der Waals surface area contributed by atoms with Gasteiger partial charge in [-0.25, -0.2) is 4.98 Å². The lowest BCUT2D eigenvalue weighted by Crippen LogP contribution is -2.04. The van der Waals surface area contributed by atoms with Gasteiger partial charge in [0.05, 0.1) is 11.1 Å². The largest absolute Gasteiger partial charge is 0.387 e. The van der Waals surface area contributed by atoms with Crippen LogP contribution >= 0.6 is 23.4 Å². The van der Waals surface area contributed by atoms with Crippen LogP contribution in [0.1, 0.15) is 22.7 Å². The third-order valence-corrected chi connectivity index (χ3v) is 4.56. The Morgan fingerprint density at radius 1 is 1.47 bits per heavy atom. The van der Waals surface area contributed by atoms with Gasteiger partial charge < -0.3 is 5.11 Å². The van der Waals surface area contributed by atoms with E-state index >= 15 is 0 Å². The number of halogens is 1. The van der Waals surface area contributed by atoms with Crippen LogP contribution in [0, 0.1) is 0 Å². The zero-order valence-corrected chi connectivity index (χ0v) is 10.6. The number of aliphatic hydroxyl groups excluding tert-OH is 1. The van der Waals surface area contributed by atoms with Gasteiger partial charge >= 0.3 is 0 Å². The number of aliphatic hydroxyl groups is 1. The number of fused-ring (bicyclic) bond motifs is 1. The second kappa shape index (κ2) is 4.01. The number of rotatable bonds is 1. The third kappa shape index (κ3) is 1.74. The standard InChI is InChI=1S/C11H10ClN3OS/c1-15-5-13-11(14-15)10-8(16)6-3-2-4-7(12)9(6)17-10/h2-5,8,10,16H,1H3/t8-,10+/m0/s1. The Bertz CT molecular complexity index is 572. The third-order valence-electron chi connectivity index (χ3n) is 2.72. The van der Waals surface area contributed by atoms with E-state index in [0.717, 1.165) is 10.5 Å². The van der Waals surface area contributed by atoms with E-state index in [-0.39, 0.29) is 5.25 Å². The van der Waals surface area contributed by atoms with Gasteiger partial charge in [-0.3, -0.25) is 4.68 Å². The fourth-order valence-electron chi connectivity index (χ4n) is 1.92. The minimum atomic E-state index is -0.601. The van der Waals surface area contributed by atoms with Crippen molar-refractivity contribution in [2.45, 2.75) is 16.2 Å². The highest BCUT2D eigenvalue weighted by atomic mass is 35.5. The van der Waals surface area contributed by atoms with Crippen LogP contribution in [0.3, 0.4) is 0 Å². The van der Waals surface area contributed by atoms with E-state index < -0.39 is 6.10 Å². The average molecular weight is 268 g/mol. The first-order valence-electron chi connectivity index (χ1n) is 5.15. The van der Waals surface area contributed by atoms with E-state index in [9.17, 15) is 5.11 Å². The monoisotopic (exact) mass is 267 g/mol. The Morgan fingerprint density at radius 2 is 2.29 bits per heavy atom. The van der Waals surface area contributed by atoms with Crippen LogP contribution in [0.4, 0.5) is 0 Å². The summed E-state index contributed by atoms with van der Waals surface area (Å²) in [5.74, 6) is 0.636. The number of nitrogens with zero attached hydrogens (tertiary/aromatic N) is 3. The maximum absolute atomic E-state index is 10.3. The number of hydrogen-bond acceptors (Lipinski definition) is 4. The predicted octanol–water partition coefficient (Wildman–Crippen LogP) is 2.35. The van der Waals surface area contributed by atoms with Crippen LogP contribution in [0.2, 0.25) is 5.02 Å². The normalized spacial score (nSPS) is 22.8. The smallest absolute Gasteiger partial charge is 0.166 e. The highest BCUT2D eigenvalue weighted by molar-refractivity contribution is 8.00. The second-order valence-corrected chi connectivity index (χ2v) is 5.48. The minimum absolute atomic E-state index is 0.175. The molecule has 6 heteroatoms. The molecule has 0 aliphatic carbocycles. The summed E-state index contributed by atoms with van der Waals surface area (Å²) in [4.78, 5) is 5.12.